The molecule has 0 atom stereocenters. The molecule has 80 valence electrons. The molecule has 0 radical (unpaired) electrons. The number of hydrogen-bond acceptors (Lipinski definition) is 4. The van der Waals surface area contributed by atoms with Crippen molar-refractivity contribution in [2.45, 2.75) is 32.1 Å². The van der Waals surface area contributed by atoms with Crippen LogP contribution in [-0.2, 0) is 0 Å². The molecule has 0 amide bonds. The largest absolute Gasteiger partial charge is 0.312 e. The van der Waals surface area contributed by atoms with Gasteiger partial charge in [-0.2, -0.15) is 0 Å². The summed E-state index contributed by atoms with van der Waals surface area (Å²) in [6.07, 6.45) is 7.39. The first-order chi connectivity index (χ1) is 7.31. The minimum Gasteiger partial charge on any atom is -0.312 e. The van der Waals surface area contributed by atoms with Crippen LogP contribution in [-0.4, -0.2) is 22.9 Å². The summed E-state index contributed by atoms with van der Waals surface area (Å²) in [6, 6.07) is 0. The van der Waals surface area contributed by atoms with Crippen molar-refractivity contribution in [2.75, 3.05) is 6.67 Å². The van der Waals surface area contributed by atoms with E-state index in [1.807, 2.05) is 13.1 Å². The van der Waals surface area contributed by atoms with E-state index < -0.39 is 0 Å². The van der Waals surface area contributed by atoms with Crippen molar-refractivity contribution in [2.24, 2.45) is 10.7 Å². The number of aromatic nitrogens is 2. The average Bonchev–Trinajstić information content (AvgIpc) is 2.14. The lowest BCUT2D eigenvalue weighted by Gasteiger charge is -2.24. The second-order valence-electron chi connectivity index (χ2n) is 3.89. The molecular weight excluding hydrogens is 188 g/mol. The first-order valence-corrected chi connectivity index (χ1v) is 5.34. The topological polar surface area (TPSA) is 64.2 Å². The lowest BCUT2D eigenvalue weighted by atomic mass is 9.83. The normalized spacial score (nSPS) is 16.9. The fraction of sp³-hybridized carbons (Fsp3) is 0.545. The predicted molar refractivity (Wildman–Crippen MR) is 60.0 cm³/mol. The Morgan fingerprint density at radius 2 is 2.40 bits per heavy atom. The van der Waals surface area contributed by atoms with Crippen molar-refractivity contribution in [3.8, 4) is 0 Å². The summed E-state index contributed by atoms with van der Waals surface area (Å²) >= 11 is 0. The van der Waals surface area contributed by atoms with Crippen LogP contribution < -0.4 is 5.73 Å². The van der Waals surface area contributed by atoms with Gasteiger partial charge in [0.05, 0.1) is 24.3 Å². The second kappa shape index (κ2) is 4.49. The van der Waals surface area contributed by atoms with Crippen molar-refractivity contribution in [1.82, 2.24) is 9.97 Å². The van der Waals surface area contributed by atoms with E-state index >= 15 is 0 Å². The van der Waals surface area contributed by atoms with Gasteiger partial charge in [-0.25, -0.2) is 0 Å². The first-order valence-electron chi connectivity index (χ1n) is 5.34. The van der Waals surface area contributed by atoms with Crippen LogP contribution in [0.4, 0.5) is 0 Å². The van der Waals surface area contributed by atoms with Gasteiger partial charge in [-0.05, 0) is 19.8 Å². The molecule has 2 N–H and O–H groups in total. The van der Waals surface area contributed by atoms with E-state index in [0.29, 0.717) is 12.6 Å². The van der Waals surface area contributed by atoms with Gasteiger partial charge >= 0.3 is 0 Å². The molecule has 0 unspecified atom stereocenters. The highest BCUT2D eigenvalue weighted by Gasteiger charge is 2.21. The number of rotatable bonds is 3. The third kappa shape index (κ3) is 2.21. The number of aryl methyl sites for hydroxylation is 1. The summed E-state index contributed by atoms with van der Waals surface area (Å²) in [6.45, 7) is 2.26. The Morgan fingerprint density at radius 1 is 1.60 bits per heavy atom. The summed E-state index contributed by atoms with van der Waals surface area (Å²) in [5.41, 5.74) is 8.18. The smallest absolute Gasteiger partial charge is 0.102 e. The van der Waals surface area contributed by atoms with Gasteiger partial charge < -0.3 is 5.73 Å². The van der Waals surface area contributed by atoms with Crippen molar-refractivity contribution in [3.05, 3.63) is 23.3 Å². The van der Waals surface area contributed by atoms with Gasteiger partial charge in [-0.3, -0.25) is 15.0 Å². The zero-order valence-corrected chi connectivity index (χ0v) is 8.98. The van der Waals surface area contributed by atoms with Gasteiger partial charge in [-0.15, -0.1) is 0 Å². The molecule has 1 saturated carbocycles. The van der Waals surface area contributed by atoms with E-state index in [1.165, 1.54) is 19.3 Å². The van der Waals surface area contributed by atoms with Gasteiger partial charge in [0.2, 0.25) is 0 Å². The zero-order chi connectivity index (χ0) is 10.7. The van der Waals surface area contributed by atoms with Crippen molar-refractivity contribution in [3.63, 3.8) is 0 Å². The standard InChI is InChI=1S/C11H16N4/c1-8-10(5-13-7-12)14-6-11(15-8)9-3-2-4-9/h5-6,9H,2-4,7,12H2,1H3. The molecule has 0 spiro atoms. The Bertz CT molecular complexity index is 369. The van der Waals surface area contributed by atoms with E-state index in [0.717, 1.165) is 17.1 Å². The quantitative estimate of drug-likeness (QED) is 0.757. The Kier molecular flexibility index (Phi) is 3.06. The predicted octanol–water partition coefficient (Wildman–Crippen LogP) is 1.39. The minimum absolute atomic E-state index is 0.297. The molecule has 1 aliphatic carbocycles. The van der Waals surface area contributed by atoms with Crippen LogP contribution >= 0.6 is 0 Å². The third-order valence-corrected chi connectivity index (χ3v) is 2.85. The van der Waals surface area contributed by atoms with Gasteiger partial charge in [0, 0.05) is 12.1 Å². The van der Waals surface area contributed by atoms with Crippen LogP contribution in [0.1, 0.15) is 42.3 Å². The fourth-order valence-electron chi connectivity index (χ4n) is 1.68. The van der Waals surface area contributed by atoms with Gasteiger partial charge in [0.1, 0.15) is 5.69 Å². The maximum Gasteiger partial charge on any atom is 0.102 e. The zero-order valence-electron chi connectivity index (χ0n) is 8.98. The van der Waals surface area contributed by atoms with E-state index in [-0.39, 0.29) is 0 Å². The fourth-order valence-corrected chi connectivity index (χ4v) is 1.68. The Morgan fingerprint density at radius 3 is 2.93 bits per heavy atom. The molecule has 0 aliphatic heterocycles. The van der Waals surface area contributed by atoms with Crippen LogP contribution in [0.25, 0.3) is 0 Å². The van der Waals surface area contributed by atoms with Crippen LogP contribution in [0.2, 0.25) is 0 Å². The van der Waals surface area contributed by atoms with Crippen LogP contribution in [0.3, 0.4) is 0 Å². The molecular formula is C11H16N4. The van der Waals surface area contributed by atoms with Gasteiger partial charge in [0.15, 0.2) is 0 Å². The van der Waals surface area contributed by atoms with Crippen LogP contribution in [0.15, 0.2) is 11.2 Å². The molecule has 4 heteroatoms. The molecule has 0 saturated heterocycles. The Hall–Kier alpha value is -1.29. The highest BCUT2D eigenvalue weighted by Crippen LogP contribution is 2.34. The second-order valence-corrected chi connectivity index (χ2v) is 3.89. The molecule has 2 rings (SSSR count). The van der Waals surface area contributed by atoms with Crippen molar-refractivity contribution < 1.29 is 0 Å². The van der Waals surface area contributed by atoms with E-state index in [1.54, 1.807) is 6.21 Å². The molecule has 1 aromatic rings. The molecule has 1 aromatic heterocycles. The monoisotopic (exact) mass is 204 g/mol. The molecule has 15 heavy (non-hydrogen) atoms. The van der Waals surface area contributed by atoms with Crippen molar-refractivity contribution in [1.29, 1.82) is 0 Å². The molecule has 0 bridgehead atoms. The highest BCUT2D eigenvalue weighted by atomic mass is 14.9. The van der Waals surface area contributed by atoms with E-state index in [9.17, 15) is 0 Å². The summed E-state index contributed by atoms with van der Waals surface area (Å²) in [5, 5.41) is 0. The number of hydrogen-bond donors (Lipinski definition) is 1. The average molecular weight is 204 g/mol. The summed E-state index contributed by atoms with van der Waals surface area (Å²) < 4.78 is 0. The molecule has 1 aliphatic rings. The van der Waals surface area contributed by atoms with Gasteiger partial charge in [-0.1, -0.05) is 6.42 Å². The summed E-state index contributed by atoms with van der Waals surface area (Å²) in [7, 11) is 0. The van der Waals surface area contributed by atoms with Crippen LogP contribution in [0.5, 0.6) is 0 Å². The highest BCUT2D eigenvalue weighted by molar-refractivity contribution is 5.78. The lowest BCUT2D eigenvalue weighted by Crippen LogP contribution is -2.12. The van der Waals surface area contributed by atoms with Crippen LogP contribution in [0, 0.1) is 6.92 Å². The number of nitrogens with zero attached hydrogens (tertiary/aromatic N) is 3. The molecule has 0 aromatic carbocycles. The SMILES string of the molecule is Cc1nc(C2CCC2)cnc1C=NCN. The minimum atomic E-state index is 0.297. The molecule has 1 heterocycles. The summed E-state index contributed by atoms with van der Waals surface area (Å²) in [5.74, 6) is 0.636. The Labute approximate surface area is 89.7 Å². The first kappa shape index (κ1) is 10.2. The maximum absolute atomic E-state index is 5.29. The van der Waals surface area contributed by atoms with E-state index in [4.69, 9.17) is 5.73 Å². The van der Waals surface area contributed by atoms with Gasteiger partial charge in [0.25, 0.3) is 0 Å². The number of aliphatic imine (C=N–C) groups is 1. The Balaban J connectivity index is 2.18. The van der Waals surface area contributed by atoms with Crippen molar-refractivity contribution >= 4 is 6.21 Å². The third-order valence-electron chi connectivity index (χ3n) is 2.85. The maximum atomic E-state index is 5.29. The molecule has 4 nitrogen and oxygen atoms in total. The molecule has 1 fully saturated rings. The lowest BCUT2D eigenvalue weighted by molar-refractivity contribution is 0.409. The van der Waals surface area contributed by atoms with E-state index in [2.05, 4.69) is 15.0 Å². The summed E-state index contributed by atoms with van der Waals surface area (Å²) in [4.78, 5) is 12.9. The number of nitrogens with two attached hydrogens (primary N) is 1.